The number of nitrogens with two attached hydrogens (primary N) is 1. The minimum absolute atomic E-state index is 0.286. The molecule has 0 aliphatic heterocycles. The van der Waals surface area contributed by atoms with Gasteiger partial charge in [0, 0.05) is 11.8 Å². The zero-order chi connectivity index (χ0) is 12.6. The lowest BCUT2D eigenvalue weighted by atomic mass is 10.0. The van der Waals surface area contributed by atoms with Gasteiger partial charge in [-0.25, -0.2) is 8.42 Å². The molecule has 0 saturated carbocycles. The number of sulfone groups is 1. The van der Waals surface area contributed by atoms with Crippen LogP contribution in [0.2, 0.25) is 0 Å². The second-order valence-electron chi connectivity index (χ2n) is 4.41. The number of hydrogen-bond acceptors (Lipinski definition) is 5. The van der Waals surface area contributed by atoms with Crippen LogP contribution in [0.1, 0.15) is 38.5 Å². The highest BCUT2D eigenvalue weighted by Crippen LogP contribution is 2.34. The van der Waals surface area contributed by atoms with Crippen LogP contribution in [0.4, 0.5) is 5.82 Å². The summed E-state index contributed by atoms with van der Waals surface area (Å²) in [4.78, 5) is 0. The molecule has 0 radical (unpaired) electrons. The van der Waals surface area contributed by atoms with Gasteiger partial charge in [0.1, 0.15) is 4.75 Å². The predicted octanol–water partition coefficient (Wildman–Crippen LogP) is 1.49. The first-order valence-electron chi connectivity index (χ1n) is 5.16. The highest BCUT2D eigenvalue weighted by Gasteiger charge is 2.39. The summed E-state index contributed by atoms with van der Waals surface area (Å²) in [7, 11) is -3.27. The van der Waals surface area contributed by atoms with E-state index in [0.717, 1.165) is 6.42 Å². The molecule has 0 fully saturated rings. The van der Waals surface area contributed by atoms with Crippen LogP contribution in [0.3, 0.4) is 0 Å². The molecule has 92 valence electrons. The molecule has 0 aliphatic rings. The van der Waals surface area contributed by atoms with Gasteiger partial charge in [0.25, 0.3) is 0 Å². The van der Waals surface area contributed by atoms with Gasteiger partial charge in [-0.15, -0.1) is 0 Å². The fourth-order valence-corrected chi connectivity index (χ4v) is 1.95. The maximum absolute atomic E-state index is 11.7. The SMILES string of the molecule is CCCc1c(N)noc1C(C)(C)S(C)(=O)=O. The van der Waals surface area contributed by atoms with Crippen LogP contribution in [0.5, 0.6) is 0 Å². The van der Waals surface area contributed by atoms with E-state index in [2.05, 4.69) is 5.16 Å². The lowest BCUT2D eigenvalue weighted by molar-refractivity contribution is 0.354. The summed E-state index contributed by atoms with van der Waals surface area (Å²) in [5, 5.41) is 3.65. The van der Waals surface area contributed by atoms with Crippen LogP contribution in [-0.2, 0) is 21.0 Å². The van der Waals surface area contributed by atoms with Crippen molar-refractivity contribution in [1.29, 1.82) is 0 Å². The van der Waals surface area contributed by atoms with Gasteiger partial charge >= 0.3 is 0 Å². The normalized spacial score (nSPS) is 13.0. The van der Waals surface area contributed by atoms with Gasteiger partial charge in [0.05, 0.1) is 0 Å². The van der Waals surface area contributed by atoms with E-state index in [1.807, 2.05) is 6.92 Å². The summed E-state index contributed by atoms with van der Waals surface area (Å²) in [5.74, 6) is 0.642. The molecule has 16 heavy (non-hydrogen) atoms. The van der Waals surface area contributed by atoms with Crippen LogP contribution in [0.15, 0.2) is 4.52 Å². The van der Waals surface area contributed by atoms with E-state index < -0.39 is 14.6 Å². The number of rotatable bonds is 4. The lowest BCUT2D eigenvalue weighted by Crippen LogP contribution is -2.28. The van der Waals surface area contributed by atoms with E-state index in [1.54, 1.807) is 13.8 Å². The van der Waals surface area contributed by atoms with Crippen molar-refractivity contribution in [3.8, 4) is 0 Å². The molecule has 0 aliphatic carbocycles. The summed E-state index contributed by atoms with van der Waals surface area (Å²) < 4.78 is 27.4. The Morgan fingerprint density at radius 3 is 2.44 bits per heavy atom. The fraction of sp³-hybridized carbons (Fsp3) is 0.700. The van der Waals surface area contributed by atoms with Gasteiger partial charge in [-0.2, -0.15) is 0 Å². The fourth-order valence-electron chi connectivity index (χ4n) is 1.45. The Labute approximate surface area is 95.9 Å². The molecule has 5 nitrogen and oxygen atoms in total. The number of aromatic nitrogens is 1. The maximum atomic E-state index is 11.7. The zero-order valence-electron chi connectivity index (χ0n) is 10.1. The molecule has 0 unspecified atom stereocenters. The molecule has 6 heteroatoms. The second kappa shape index (κ2) is 4.08. The highest BCUT2D eigenvalue weighted by molar-refractivity contribution is 7.91. The number of nitrogen functional groups attached to an aromatic ring is 1. The Bertz CT molecular complexity index is 474. The third-order valence-electron chi connectivity index (χ3n) is 2.79. The van der Waals surface area contributed by atoms with Crippen molar-refractivity contribution >= 4 is 15.7 Å². The van der Waals surface area contributed by atoms with Crippen molar-refractivity contribution in [3.05, 3.63) is 11.3 Å². The van der Waals surface area contributed by atoms with Crippen LogP contribution < -0.4 is 5.73 Å². The Balaban J connectivity index is 3.34. The number of nitrogens with zero attached hydrogens (tertiary/aromatic N) is 1. The van der Waals surface area contributed by atoms with Crippen LogP contribution in [-0.4, -0.2) is 19.8 Å². The van der Waals surface area contributed by atoms with Gasteiger partial charge in [0.2, 0.25) is 0 Å². The third kappa shape index (κ3) is 2.07. The van der Waals surface area contributed by atoms with Crippen molar-refractivity contribution in [2.75, 3.05) is 12.0 Å². The summed E-state index contributed by atoms with van der Waals surface area (Å²) in [6, 6.07) is 0. The molecule has 2 N–H and O–H groups in total. The minimum Gasteiger partial charge on any atom is -0.381 e. The Kier molecular flexibility index (Phi) is 3.33. The van der Waals surface area contributed by atoms with Crippen molar-refractivity contribution in [2.24, 2.45) is 0 Å². The van der Waals surface area contributed by atoms with Crippen LogP contribution in [0, 0.1) is 0 Å². The number of hydrogen-bond donors (Lipinski definition) is 1. The molecule has 1 rings (SSSR count). The summed E-state index contributed by atoms with van der Waals surface area (Å²) in [6.45, 7) is 5.19. The monoisotopic (exact) mass is 246 g/mol. The third-order valence-corrected chi connectivity index (χ3v) is 4.83. The number of anilines is 1. The van der Waals surface area contributed by atoms with Crippen molar-refractivity contribution in [2.45, 2.75) is 38.4 Å². The predicted molar refractivity (Wildman–Crippen MR) is 62.8 cm³/mol. The molecule has 0 atom stereocenters. The van der Waals surface area contributed by atoms with E-state index >= 15 is 0 Å². The van der Waals surface area contributed by atoms with Crippen molar-refractivity contribution < 1.29 is 12.9 Å². The zero-order valence-corrected chi connectivity index (χ0v) is 10.9. The first-order valence-corrected chi connectivity index (χ1v) is 7.05. The molecular formula is C10H18N2O3S. The average molecular weight is 246 g/mol. The molecule has 1 aromatic heterocycles. The van der Waals surface area contributed by atoms with E-state index in [-0.39, 0.29) is 5.82 Å². The van der Waals surface area contributed by atoms with E-state index in [0.29, 0.717) is 17.7 Å². The highest BCUT2D eigenvalue weighted by atomic mass is 32.2. The average Bonchev–Trinajstić information content (AvgIpc) is 2.47. The van der Waals surface area contributed by atoms with E-state index in [1.165, 1.54) is 6.26 Å². The quantitative estimate of drug-likeness (QED) is 0.869. The molecular weight excluding hydrogens is 228 g/mol. The molecule has 0 aromatic carbocycles. The second-order valence-corrected chi connectivity index (χ2v) is 6.97. The van der Waals surface area contributed by atoms with Crippen molar-refractivity contribution in [3.63, 3.8) is 0 Å². The van der Waals surface area contributed by atoms with Gasteiger partial charge in [-0.05, 0) is 20.3 Å². The summed E-state index contributed by atoms with van der Waals surface area (Å²) in [6.07, 6.45) is 2.71. The van der Waals surface area contributed by atoms with Crippen LogP contribution in [0.25, 0.3) is 0 Å². The molecule has 0 saturated heterocycles. The van der Waals surface area contributed by atoms with Gasteiger partial charge < -0.3 is 10.3 Å². The van der Waals surface area contributed by atoms with Gasteiger partial charge in [0.15, 0.2) is 21.4 Å². The topological polar surface area (TPSA) is 86.2 Å². The summed E-state index contributed by atoms with van der Waals surface area (Å²) >= 11 is 0. The first-order chi connectivity index (χ1) is 7.21. The van der Waals surface area contributed by atoms with Crippen molar-refractivity contribution in [1.82, 2.24) is 5.16 Å². The van der Waals surface area contributed by atoms with E-state index in [9.17, 15) is 8.42 Å². The molecule has 0 amide bonds. The summed E-state index contributed by atoms with van der Waals surface area (Å²) in [5.41, 5.74) is 6.37. The molecule has 1 heterocycles. The maximum Gasteiger partial charge on any atom is 0.170 e. The molecule has 1 aromatic rings. The first kappa shape index (κ1) is 13.0. The molecule has 0 bridgehead atoms. The standard InChI is InChI=1S/C10H18N2O3S/c1-5-6-7-8(15-12-9(7)11)10(2,3)16(4,13)14/h5-6H2,1-4H3,(H2,11,12). The van der Waals surface area contributed by atoms with Crippen LogP contribution >= 0.6 is 0 Å². The smallest absolute Gasteiger partial charge is 0.170 e. The van der Waals surface area contributed by atoms with Gasteiger partial charge in [-0.3, -0.25) is 0 Å². The molecule has 0 spiro atoms. The largest absolute Gasteiger partial charge is 0.381 e. The Morgan fingerprint density at radius 2 is 2.00 bits per heavy atom. The lowest BCUT2D eigenvalue weighted by Gasteiger charge is -2.20. The van der Waals surface area contributed by atoms with E-state index in [4.69, 9.17) is 10.3 Å². The Morgan fingerprint density at radius 1 is 1.44 bits per heavy atom. The van der Waals surface area contributed by atoms with Gasteiger partial charge in [-0.1, -0.05) is 18.5 Å². The Hall–Kier alpha value is -1.04. The minimum atomic E-state index is -3.27.